The van der Waals surface area contributed by atoms with Crippen LogP contribution >= 0.6 is 0 Å². The third kappa shape index (κ3) is 5.19. The standard InChI is InChI=1S/C17H12F6O5S/c1-29(26,27)14-7-13(28-8-15(24)25)10(6-12(14)17(21,22)23)9-4-2-3-5-11(9)16(18,19)20/h2-7H,8H2,1H3,(H,24,25). The lowest BCUT2D eigenvalue weighted by atomic mass is 9.96. The van der Waals surface area contributed by atoms with Crippen molar-refractivity contribution in [3.63, 3.8) is 0 Å². The zero-order valence-corrected chi connectivity index (χ0v) is 15.2. The molecule has 2 aromatic carbocycles. The summed E-state index contributed by atoms with van der Waals surface area (Å²) in [7, 11) is -4.48. The Labute approximate surface area is 160 Å². The Morgan fingerprint density at radius 1 is 0.966 bits per heavy atom. The molecule has 0 unspecified atom stereocenters. The van der Waals surface area contributed by atoms with Gasteiger partial charge in [-0.1, -0.05) is 18.2 Å². The number of ether oxygens (including phenoxy) is 1. The van der Waals surface area contributed by atoms with Crippen LogP contribution in [0.15, 0.2) is 41.3 Å². The largest absolute Gasteiger partial charge is 0.481 e. The van der Waals surface area contributed by atoms with E-state index in [0.717, 1.165) is 18.2 Å². The maximum absolute atomic E-state index is 13.4. The van der Waals surface area contributed by atoms with Gasteiger partial charge in [0.15, 0.2) is 16.4 Å². The minimum atomic E-state index is -5.22. The van der Waals surface area contributed by atoms with Crippen molar-refractivity contribution in [1.82, 2.24) is 0 Å². The number of halogens is 6. The van der Waals surface area contributed by atoms with E-state index < -0.39 is 67.7 Å². The first kappa shape index (κ1) is 22.5. The highest BCUT2D eigenvalue weighted by Gasteiger charge is 2.39. The van der Waals surface area contributed by atoms with Gasteiger partial charge in [0.1, 0.15) is 5.75 Å². The summed E-state index contributed by atoms with van der Waals surface area (Å²) in [4.78, 5) is 9.50. The van der Waals surface area contributed by atoms with Crippen molar-refractivity contribution in [2.24, 2.45) is 0 Å². The molecule has 29 heavy (non-hydrogen) atoms. The highest BCUT2D eigenvalue weighted by Crippen LogP contribution is 2.45. The van der Waals surface area contributed by atoms with Gasteiger partial charge in [-0.2, -0.15) is 26.3 Å². The first-order valence-electron chi connectivity index (χ1n) is 7.59. The van der Waals surface area contributed by atoms with E-state index in [1.54, 1.807) is 0 Å². The molecule has 0 heterocycles. The number of carbonyl (C=O) groups is 1. The van der Waals surface area contributed by atoms with E-state index in [1.807, 2.05) is 0 Å². The quantitative estimate of drug-likeness (QED) is 0.700. The SMILES string of the molecule is CS(=O)(=O)c1cc(OCC(=O)O)c(-c2ccccc2C(F)(F)F)cc1C(F)(F)F. The van der Waals surface area contributed by atoms with Gasteiger partial charge in [-0.15, -0.1) is 0 Å². The molecular formula is C17H12F6O5S. The van der Waals surface area contributed by atoms with Crippen molar-refractivity contribution >= 4 is 15.8 Å². The number of hydrogen-bond donors (Lipinski definition) is 1. The van der Waals surface area contributed by atoms with Gasteiger partial charge in [0.2, 0.25) is 0 Å². The van der Waals surface area contributed by atoms with Gasteiger partial charge in [-0.3, -0.25) is 0 Å². The van der Waals surface area contributed by atoms with Gasteiger partial charge < -0.3 is 9.84 Å². The molecule has 158 valence electrons. The molecule has 0 atom stereocenters. The van der Waals surface area contributed by atoms with Crippen molar-refractivity contribution in [2.45, 2.75) is 17.2 Å². The topological polar surface area (TPSA) is 80.7 Å². The summed E-state index contributed by atoms with van der Waals surface area (Å²) >= 11 is 0. The molecule has 0 aliphatic rings. The normalized spacial score (nSPS) is 12.7. The maximum Gasteiger partial charge on any atom is 0.417 e. The van der Waals surface area contributed by atoms with Crippen LogP contribution in [0.5, 0.6) is 5.75 Å². The Balaban J connectivity index is 2.92. The van der Waals surface area contributed by atoms with Gasteiger partial charge in [-0.05, 0) is 17.7 Å². The zero-order valence-electron chi connectivity index (χ0n) is 14.4. The van der Waals surface area contributed by atoms with Crippen molar-refractivity contribution in [1.29, 1.82) is 0 Å². The molecule has 1 N–H and O–H groups in total. The highest BCUT2D eigenvalue weighted by molar-refractivity contribution is 7.90. The lowest BCUT2D eigenvalue weighted by Gasteiger charge is -2.20. The molecular weight excluding hydrogens is 430 g/mol. The van der Waals surface area contributed by atoms with Crippen molar-refractivity contribution in [3.8, 4) is 16.9 Å². The summed E-state index contributed by atoms with van der Waals surface area (Å²) in [6, 6.07) is 4.21. The molecule has 0 saturated carbocycles. The smallest absolute Gasteiger partial charge is 0.417 e. The van der Waals surface area contributed by atoms with Crippen LogP contribution in [0, 0.1) is 0 Å². The van der Waals surface area contributed by atoms with Gasteiger partial charge in [0.25, 0.3) is 0 Å². The lowest BCUT2D eigenvalue weighted by molar-refractivity contribution is -0.141. The van der Waals surface area contributed by atoms with E-state index in [2.05, 4.69) is 0 Å². The Kier molecular flexibility index (Phi) is 5.89. The Morgan fingerprint density at radius 2 is 1.52 bits per heavy atom. The lowest BCUT2D eigenvalue weighted by Crippen LogP contribution is -2.16. The molecule has 0 fully saturated rings. The van der Waals surface area contributed by atoms with Crippen LogP contribution in [-0.4, -0.2) is 32.4 Å². The summed E-state index contributed by atoms with van der Waals surface area (Å²) in [5.74, 6) is -2.32. The fraction of sp³-hybridized carbons (Fsp3) is 0.235. The van der Waals surface area contributed by atoms with E-state index in [-0.39, 0.29) is 6.07 Å². The molecule has 2 rings (SSSR count). The highest BCUT2D eigenvalue weighted by atomic mass is 32.2. The average Bonchev–Trinajstić information content (AvgIpc) is 2.56. The maximum atomic E-state index is 13.4. The second-order valence-electron chi connectivity index (χ2n) is 5.84. The predicted molar refractivity (Wildman–Crippen MR) is 88.1 cm³/mol. The molecule has 0 aromatic heterocycles. The third-order valence-corrected chi connectivity index (χ3v) is 4.80. The van der Waals surface area contributed by atoms with Crippen LogP contribution in [0.4, 0.5) is 26.3 Å². The van der Waals surface area contributed by atoms with E-state index in [4.69, 9.17) is 9.84 Å². The molecule has 5 nitrogen and oxygen atoms in total. The Hall–Kier alpha value is -2.76. The molecule has 0 bridgehead atoms. The van der Waals surface area contributed by atoms with Crippen LogP contribution < -0.4 is 4.74 Å². The molecule has 12 heteroatoms. The summed E-state index contributed by atoms with van der Waals surface area (Å²) in [6.45, 7) is -1.12. The third-order valence-electron chi connectivity index (χ3n) is 3.66. The monoisotopic (exact) mass is 442 g/mol. The Bertz CT molecular complexity index is 1040. The molecule has 0 saturated heterocycles. The van der Waals surface area contributed by atoms with Gasteiger partial charge in [0, 0.05) is 17.9 Å². The second kappa shape index (κ2) is 7.58. The zero-order chi connectivity index (χ0) is 22.2. The summed E-state index contributed by atoms with van der Waals surface area (Å²) in [6.07, 6.45) is -9.69. The summed E-state index contributed by atoms with van der Waals surface area (Å²) in [5.41, 5.74) is -4.49. The fourth-order valence-electron chi connectivity index (χ4n) is 2.52. The number of hydrogen-bond acceptors (Lipinski definition) is 4. The van der Waals surface area contributed by atoms with Crippen molar-refractivity contribution < 1.29 is 49.4 Å². The predicted octanol–water partition coefficient (Wildman–Crippen LogP) is 4.26. The Morgan fingerprint density at radius 3 is 2.00 bits per heavy atom. The number of aliphatic carboxylic acids is 1. The van der Waals surface area contributed by atoms with Crippen LogP contribution in [0.25, 0.3) is 11.1 Å². The van der Waals surface area contributed by atoms with Crippen LogP contribution in [0.3, 0.4) is 0 Å². The first-order valence-corrected chi connectivity index (χ1v) is 9.48. The summed E-state index contributed by atoms with van der Waals surface area (Å²) < 4.78 is 109. The fourth-order valence-corrected chi connectivity index (χ4v) is 3.42. The average molecular weight is 442 g/mol. The van der Waals surface area contributed by atoms with E-state index >= 15 is 0 Å². The molecule has 0 aliphatic heterocycles. The van der Waals surface area contributed by atoms with E-state index in [9.17, 15) is 39.6 Å². The first-order chi connectivity index (χ1) is 13.1. The molecule has 2 aromatic rings. The molecule has 0 aliphatic carbocycles. The molecule has 0 amide bonds. The van der Waals surface area contributed by atoms with Crippen LogP contribution in [-0.2, 0) is 27.0 Å². The minimum absolute atomic E-state index is 0.206. The number of sulfone groups is 1. The van der Waals surface area contributed by atoms with Crippen LogP contribution in [0.2, 0.25) is 0 Å². The van der Waals surface area contributed by atoms with Gasteiger partial charge in [-0.25, -0.2) is 13.2 Å². The van der Waals surface area contributed by atoms with Crippen molar-refractivity contribution in [2.75, 3.05) is 12.9 Å². The number of carboxylic acid groups (broad SMARTS) is 1. The minimum Gasteiger partial charge on any atom is -0.481 e. The van der Waals surface area contributed by atoms with E-state index in [1.165, 1.54) is 0 Å². The number of carboxylic acids is 1. The molecule has 0 spiro atoms. The van der Waals surface area contributed by atoms with E-state index in [0.29, 0.717) is 18.4 Å². The number of alkyl halides is 6. The molecule has 0 radical (unpaired) electrons. The van der Waals surface area contributed by atoms with Gasteiger partial charge in [0.05, 0.1) is 16.0 Å². The van der Waals surface area contributed by atoms with Crippen LogP contribution in [0.1, 0.15) is 11.1 Å². The summed E-state index contributed by atoms with van der Waals surface area (Å²) in [5, 5.41) is 8.73. The number of benzene rings is 2. The number of rotatable bonds is 5. The second-order valence-corrected chi connectivity index (χ2v) is 7.82. The van der Waals surface area contributed by atoms with Gasteiger partial charge >= 0.3 is 18.3 Å². The van der Waals surface area contributed by atoms with Crippen molar-refractivity contribution in [3.05, 3.63) is 47.5 Å².